The molecular weight excluding hydrogens is 547 g/mol. The molecule has 0 spiro atoms. The van der Waals surface area contributed by atoms with Crippen LogP contribution in [0, 0.1) is 0 Å². The van der Waals surface area contributed by atoms with Crippen molar-refractivity contribution >= 4 is 44.1 Å². The summed E-state index contributed by atoms with van der Waals surface area (Å²) in [5, 5.41) is 0. The molecule has 0 fully saturated rings. The van der Waals surface area contributed by atoms with Crippen molar-refractivity contribution in [3.8, 4) is 0 Å². The zero-order valence-electron chi connectivity index (χ0n) is 25.6. The van der Waals surface area contributed by atoms with Crippen LogP contribution in [0.2, 0.25) is 0 Å². The summed E-state index contributed by atoms with van der Waals surface area (Å²) in [5.41, 5.74) is 8.08. The van der Waals surface area contributed by atoms with Gasteiger partial charge in [-0.2, -0.15) is 0 Å². The Balaban J connectivity index is -0.000000180. The predicted molar refractivity (Wildman–Crippen MR) is 169 cm³/mol. The molecule has 0 aromatic heterocycles. The fourth-order valence-corrected chi connectivity index (χ4v) is 16.1. The van der Waals surface area contributed by atoms with Crippen molar-refractivity contribution in [2.45, 2.75) is 176 Å². The second-order valence-corrected chi connectivity index (χ2v) is 24.9. The van der Waals surface area contributed by atoms with Crippen LogP contribution in [0.1, 0.15) is 125 Å². The van der Waals surface area contributed by atoms with Gasteiger partial charge in [0, 0.05) is 0 Å². The van der Waals surface area contributed by atoms with Gasteiger partial charge in [0.25, 0.3) is 0 Å². The van der Waals surface area contributed by atoms with Gasteiger partial charge >= 0.3 is 33.2 Å². The van der Waals surface area contributed by atoms with Crippen molar-refractivity contribution < 1.29 is 12.9 Å². The SMILES string of the molecule is CC(C)P(C(C)C)C(C)C.CC(C)P(C(C)C)C(C)C.CC(C)P(C(C)C)C(C)C.[Cl][Co][Cl]. The summed E-state index contributed by atoms with van der Waals surface area (Å²) < 4.78 is 0. The van der Waals surface area contributed by atoms with Crippen LogP contribution in [0.25, 0.3) is 0 Å². The molecule has 0 N–H and O–H groups in total. The zero-order chi connectivity index (χ0) is 27.6. The fourth-order valence-electron chi connectivity index (χ4n) is 5.37. The average Bonchev–Trinajstić information content (AvgIpc) is 2.52. The van der Waals surface area contributed by atoms with E-state index in [9.17, 15) is 0 Å². The number of rotatable bonds is 9. The quantitative estimate of drug-likeness (QED) is 0.228. The van der Waals surface area contributed by atoms with E-state index in [-0.39, 0.29) is 23.8 Å². The Morgan fingerprint density at radius 2 is 0.364 bits per heavy atom. The number of hydrogen-bond donors (Lipinski definition) is 0. The molecule has 33 heavy (non-hydrogen) atoms. The third kappa shape index (κ3) is 24.5. The molecule has 0 aliphatic carbocycles. The van der Waals surface area contributed by atoms with E-state index in [4.69, 9.17) is 20.3 Å². The van der Waals surface area contributed by atoms with Crippen LogP contribution in [0.4, 0.5) is 0 Å². The van der Waals surface area contributed by atoms with Crippen molar-refractivity contribution in [1.82, 2.24) is 0 Å². The topological polar surface area (TPSA) is 0 Å². The molecule has 209 valence electrons. The maximum absolute atomic E-state index is 4.73. The van der Waals surface area contributed by atoms with Crippen molar-refractivity contribution in [1.29, 1.82) is 0 Å². The van der Waals surface area contributed by atoms with Gasteiger partial charge in [-0.15, -0.1) is 0 Å². The van der Waals surface area contributed by atoms with Crippen LogP contribution < -0.4 is 0 Å². The van der Waals surface area contributed by atoms with E-state index in [1.165, 1.54) is 0 Å². The summed E-state index contributed by atoms with van der Waals surface area (Å²) in [6.45, 7) is 42.4. The molecule has 0 atom stereocenters. The molecule has 0 aliphatic heterocycles. The molecule has 0 amide bonds. The third-order valence-electron chi connectivity index (χ3n) is 5.37. The predicted octanol–water partition coefficient (Wildman–Crippen LogP) is 12.5. The summed E-state index contributed by atoms with van der Waals surface area (Å²) in [4.78, 5) is 0. The molecule has 0 rings (SSSR count). The molecule has 0 radical (unpaired) electrons. The van der Waals surface area contributed by atoms with Crippen molar-refractivity contribution in [2.75, 3.05) is 0 Å². The van der Waals surface area contributed by atoms with Gasteiger partial charge in [-0.1, -0.05) is 148 Å². The molecular formula is C27H63Cl2CoP3. The minimum atomic E-state index is 0.262. The first-order valence-electron chi connectivity index (χ1n) is 13.0. The summed E-state index contributed by atoms with van der Waals surface area (Å²) in [7, 11) is 10.3. The van der Waals surface area contributed by atoms with Crippen molar-refractivity contribution in [3.05, 3.63) is 0 Å². The van der Waals surface area contributed by atoms with E-state index < -0.39 is 0 Å². The molecule has 0 aliphatic rings. The van der Waals surface area contributed by atoms with Crippen LogP contribution in [-0.2, 0) is 12.9 Å². The van der Waals surface area contributed by atoms with Gasteiger partial charge in [-0.3, -0.25) is 0 Å². The van der Waals surface area contributed by atoms with Gasteiger partial charge < -0.3 is 0 Å². The van der Waals surface area contributed by atoms with E-state index in [2.05, 4.69) is 125 Å². The first-order chi connectivity index (χ1) is 14.8. The van der Waals surface area contributed by atoms with Crippen molar-refractivity contribution in [2.24, 2.45) is 0 Å². The average molecular weight is 611 g/mol. The zero-order valence-corrected chi connectivity index (χ0v) is 30.9. The normalized spacial score (nSPS) is 12.1. The molecule has 0 unspecified atom stereocenters. The summed E-state index contributed by atoms with van der Waals surface area (Å²) in [5.74, 6) is 0. The minimum absolute atomic E-state index is 0.262. The van der Waals surface area contributed by atoms with Crippen LogP contribution in [0.5, 0.6) is 0 Å². The molecule has 0 bridgehead atoms. The van der Waals surface area contributed by atoms with E-state index in [0.29, 0.717) is 12.9 Å². The van der Waals surface area contributed by atoms with Crippen LogP contribution in [-0.4, -0.2) is 50.9 Å². The molecule has 0 saturated heterocycles. The molecule has 0 nitrogen and oxygen atoms in total. The van der Waals surface area contributed by atoms with Gasteiger partial charge in [0.15, 0.2) is 0 Å². The van der Waals surface area contributed by atoms with Crippen molar-refractivity contribution in [3.63, 3.8) is 0 Å². The summed E-state index contributed by atoms with van der Waals surface area (Å²) in [6, 6.07) is 0. The Morgan fingerprint density at radius 1 is 0.303 bits per heavy atom. The van der Waals surface area contributed by atoms with Gasteiger partial charge in [-0.25, -0.2) is 0 Å². The van der Waals surface area contributed by atoms with Gasteiger partial charge in [0.2, 0.25) is 0 Å². The molecule has 0 heterocycles. The second-order valence-electron chi connectivity index (χ2n) is 11.2. The van der Waals surface area contributed by atoms with E-state index in [0.717, 1.165) is 50.9 Å². The molecule has 0 aromatic carbocycles. The second kappa shape index (κ2) is 24.7. The monoisotopic (exact) mass is 609 g/mol. The van der Waals surface area contributed by atoms with Gasteiger partial charge in [0.05, 0.1) is 0 Å². The molecule has 0 saturated carbocycles. The molecule has 6 heteroatoms. The Kier molecular flexibility index (Phi) is 31.8. The Hall–Kier alpha value is 2.38. The Morgan fingerprint density at radius 3 is 0.364 bits per heavy atom. The fraction of sp³-hybridized carbons (Fsp3) is 1.00. The number of hydrogen-bond acceptors (Lipinski definition) is 0. The first-order valence-corrected chi connectivity index (χ1v) is 20.5. The van der Waals surface area contributed by atoms with Crippen LogP contribution in [0.15, 0.2) is 0 Å². The summed E-state index contributed by atoms with van der Waals surface area (Å²) >= 11 is 0.382. The number of halogens is 2. The van der Waals surface area contributed by atoms with Gasteiger partial charge in [-0.05, 0) is 50.9 Å². The van der Waals surface area contributed by atoms with Crippen LogP contribution >= 0.6 is 44.1 Å². The van der Waals surface area contributed by atoms with Crippen LogP contribution in [0.3, 0.4) is 0 Å². The molecule has 0 aromatic rings. The van der Waals surface area contributed by atoms with Gasteiger partial charge in [0.1, 0.15) is 0 Å². The first kappa shape index (κ1) is 42.5. The standard InChI is InChI=1S/3C9H21P.2ClH.Co/c3*1-7(2)10(8(3)4)9(5)6;;;/h3*7-9H,1-6H3;2*1H;/q;;;;;+2/p-2. The Labute approximate surface area is 231 Å². The van der Waals surface area contributed by atoms with E-state index in [1.807, 2.05) is 0 Å². The Bertz CT molecular complexity index is 285. The van der Waals surface area contributed by atoms with E-state index >= 15 is 0 Å². The third-order valence-corrected chi connectivity index (χ3v) is 16.1. The maximum atomic E-state index is 4.73. The summed E-state index contributed by atoms with van der Waals surface area (Å²) in [6.07, 6.45) is 0. The van der Waals surface area contributed by atoms with E-state index in [1.54, 1.807) is 0 Å².